The van der Waals surface area contributed by atoms with Crippen molar-refractivity contribution in [1.82, 2.24) is 0 Å². The van der Waals surface area contributed by atoms with Gasteiger partial charge in [0.2, 0.25) is 5.78 Å². The van der Waals surface area contributed by atoms with Crippen LogP contribution in [0.4, 0.5) is 5.00 Å². The van der Waals surface area contributed by atoms with Crippen molar-refractivity contribution in [1.29, 1.82) is 0 Å². The lowest BCUT2D eigenvalue weighted by atomic mass is 10.3. The summed E-state index contributed by atoms with van der Waals surface area (Å²) in [5.41, 5.74) is 5.54. The smallest absolute Gasteiger partial charge is 0.226 e. The van der Waals surface area contributed by atoms with Crippen LogP contribution in [0.3, 0.4) is 0 Å². The molecule has 1 heterocycles. The Morgan fingerprint density at radius 2 is 2.08 bits per heavy atom. The molecule has 1 rings (SSSR count). The number of rotatable bonds is 3. The lowest BCUT2D eigenvalue weighted by molar-refractivity contribution is -0.861. The Balaban J connectivity index is 2.70. The van der Waals surface area contributed by atoms with E-state index in [4.69, 9.17) is 5.73 Å². The minimum Gasteiger partial charge on any atom is -0.391 e. The maximum Gasteiger partial charge on any atom is 0.226 e. The van der Waals surface area contributed by atoms with Gasteiger partial charge in [0.1, 0.15) is 6.54 Å². The van der Waals surface area contributed by atoms with Gasteiger partial charge in [0.15, 0.2) is 0 Å². The van der Waals surface area contributed by atoms with Crippen molar-refractivity contribution in [2.45, 2.75) is 0 Å². The highest BCUT2D eigenvalue weighted by Gasteiger charge is 2.17. The van der Waals surface area contributed by atoms with Gasteiger partial charge in [-0.3, -0.25) is 4.79 Å². The minimum atomic E-state index is 0.161. The average Bonchev–Trinajstić information content (AvgIpc) is 2.31. The normalized spacial score (nSPS) is 11.6. The number of nitrogens with zero attached hydrogens (tertiary/aromatic N) is 1. The molecule has 0 bridgehead atoms. The molecule has 0 amide bonds. The molecule has 4 heteroatoms. The fraction of sp³-hybridized carbons (Fsp3) is 0.444. The monoisotopic (exact) mass is 199 g/mol. The Morgan fingerprint density at radius 3 is 2.46 bits per heavy atom. The number of carbonyl (C=O) groups excluding carboxylic acids is 1. The van der Waals surface area contributed by atoms with Crippen molar-refractivity contribution in [2.75, 3.05) is 33.4 Å². The predicted molar refractivity (Wildman–Crippen MR) is 56.0 cm³/mol. The maximum atomic E-state index is 11.6. The minimum absolute atomic E-state index is 0.161. The highest BCUT2D eigenvalue weighted by Crippen LogP contribution is 2.19. The van der Waals surface area contributed by atoms with Crippen LogP contribution in [0, 0.1) is 0 Å². The molecule has 0 aliphatic carbocycles. The molecule has 0 aliphatic heterocycles. The Hall–Kier alpha value is -0.870. The molecule has 13 heavy (non-hydrogen) atoms. The summed E-state index contributed by atoms with van der Waals surface area (Å²) in [5, 5.41) is 0.699. The maximum absolute atomic E-state index is 11.6. The molecule has 1 aromatic heterocycles. The second-order valence-electron chi connectivity index (χ2n) is 4.07. The van der Waals surface area contributed by atoms with E-state index in [-0.39, 0.29) is 5.78 Å². The molecular weight excluding hydrogens is 184 g/mol. The first-order chi connectivity index (χ1) is 5.88. The van der Waals surface area contributed by atoms with E-state index < -0.39 is 0 Å². The summed E-state index contributed by atoms with van der Waals surface area (Å²) >= 11 is 1.35. The van der Waals surface area contributed by atoms with Crippen LogP contribution < -0.4 is 5.73 Å². The molecule has 3 nitrogen and oxygen atoms in total. The molecule has 0 atom stereocenters. The van der Waals surface area contributed by atoms with Gasteiger partial charge >= 0.3 is 0 Å². The molecule has 0 saturated heterocycles. The lowest BCUT2D eigenvalue weighted by Gasteiger charge is -2.22. The van der Waals surface area contributed by atoms with Crippen LogP contribution in [0.25, 0.3) is 0 Å². The zero-order valence-electron chi connectivity index (χ0n) is 8.20. The predicted octanol–water partition coefficient (Wildman–Crippen LogP) is 1.22. The molecule has 0 unspecified atom stereocenters. The van der Waals surface area contributed by atoms with Gasteiger partial charge in [0, 0.05) is 0 Å². The highest BCUT2D eigenvalue weighted by molar-refractivity contribution is 7.17. The van der Waals surface area contributed by atoms with Crippen LogP contribution in [-0.2, 0) is 0 Å². The topological polar surface area (TPSA) is 43.1 Å². The first-order valence-corrected chi connectivity index (χ1v) is 4.89. The van der Waals surface area contributed by atoms with Crippen LogP contribution in [0.15, 0.2) is 12.1 Å². The zero-order valence-corrected chi connectivity index (χ0v) is 9.02. The summed E-state index contributed by atoms with van der Waals surface area (Å²) in [6.45, 7) is 0.514. The van der Waals surface area contributed by atoms with Gasteiger partial charge < -0.3 is 10.2 Å². The van der Waals surface area contributed by atoms with Crippen molar-refractivity contribution in [3.63, 3.8) is 0 Å². The third-order valence-corrected chi connectivity index (χ3v) is 2.48. The number of thiophene rings is 1. The van der Waals surface area contributed by atoms with Crippen molar-refractivity contribution in [3.05, 3.63) is 17.0 Å². The number of nitrogens with two attached hydrogens (primary N) is 1. The van der Waals surface area contributed by atoms with E-state index in [9.17, 15) is 4.79 Å². The quantitative estimate of drug-likeness (QED) is 0.587. The zero-order chi connectivity index (χ0) is 10.1. The van der Waals surface area contributed by atoms with Crippen LogP contribution >= 0.6 is 11.3 Å². The first-order valence-electron chi connectivity index (χ1n) is 4.07. The summed E-state index contributed by atoms with van der Waals surface area (Å²) in [6, 6.07) is 3.56. The van der Waals surface area contributed by atoms with Gasteiger partial charge in [-0.1, -0.05) is 0 Å². The van der Waals surface area contributed by atoms with E-state index in [0.717, 1.165) is 4.88 Å². The largest absolute Gasteiger partial charge is 0.391 e. The molecule has 2 N–H and O–H groups in total. The van der Waals surface area contributed by atoms with Crippen molar-refractivity contribution in [3.8, 4) is 0 Å². The van der Waals surface area contributed by atoms with E-state index in [0.29, 0.717) is 16.0 Å². The van der Waals surface area contributed by atoms with Crippen LogP contribution in [0.1, 0.15) is 9.67 Å². The van der Waals surface area contributed by atoms with Gasteiger partial charge in [-0.15, -0.1) is 11.3 Å². The molecular formula is C9H15N2OS+. The molecule has 1 aromatic rings. The molecule has 0 saturated carbocycles. The lowest BCUT2D eigenvalue weighted by Crippen LogP contribution is -2.39. The van der Waals surface area contributed by atoms with Gasteiger partial charge in [0.05, 0.1) is 31.0 Å². The molecule has 0 aromatic carbocycles. The molecule has 0 aliphatic rings. The average molecular weight is 199 g/mol. The van der Waals surface area contributed by atoms with E-state index in [1.54, 1.807) is 12.1 Å². The number of nitrogen functional groups attached to an aromatic ring is 1. The van der Waals surface area contributed by atoms with Crippen LogP contribution in [0.2, 0.25) is 0 Å². The molecule has 0 spiro atoms. The summed E-state index contributed by atoms with van der Waals surface area (Å²) in [7, 11) is 5.98. The summed E-state index contributed by atoms with van der Waals surface area (Å²) in [6.07, 6.45) is 0. The van der Waals surface area contributed by atoms with E-state index in [1.807, 2.05) is 21.1 Å². The fourth-order valence-electron chi connectivity index (χ4n) is 1.01. The molecule has 0 radical (unpaired) electrons. The van der Waals surface area contributed by atoms with E-state index in [1.165, 1.54) is 11.3 Å². The van der Waals surface area contributed by atoms with E-state index in [2.05, 4.69) is 0 Å². The number of quaternary nitrogens is 1. The Morgan fingerprint density at radius 1 is 1.46 bits per heavy atom. The third-order valence-electron chi connectivity index (χ3n) is 1.52. The van der Waals surface area contributed by atoms with Crippen LogP contribution in [-0.4, -0.2) is 38.0 Å². The van der Waals surface area contributed by atoms with Crippen molar-refractivity contribution >= 4 is 22.1 Å². The van der Waals surface area contributed by atoms with Gasteiger partial charge in [-0.05, 0) is 12.1 Å². The Bertz CT molecular complexity index is 312. The Labute approximate surface area is 82.4 Å². The molecule has 72 valence electrons. The number of Topliss-reactive ketones (excluding diaryl/α,β-unsaturated/α-hetero) is 1. The molecule has 0 fully saturated rings. The fourth-order valence-corrected chi connectivity index (χ4v) is 1.72. The number of ketones is 1. The second kappa shape index (κ2) is 3.47. The van der Waals surface area contributed by atoms with Crippen molar-refractivity contribution < 1.29 is 9.28 Å². The van der Waals surface area contributed by atoms with Crippen LogP contribution in [0.5, 0.6) is 0 Å². The van der Waals surface area contributed by atoms with Gasteiger partial charge in [-0.2, -0.15) is 0 Å². The standard InChI is InChI=1S/C9H14N2OS/c1-11(2,3)6-7(12)8-4-5-9(10)13-8/h4-5H,6H2,1-3H3,(H-,10,12)/p+1. The number of anilines is 1. The van der Waals surface area contributed by atoms with Crippen molar-refractivity contribution in [2.24, 2.45) is 0 Å². The number of carbonyl (C=O) groups is 1. The summed E-state index contributed by atoms with van der Waals surface area (Å²) in [4.78, 5) is 12.4. The van der Waals surface area contributed by atoms with Gasteiger partial charge in [0.25, 0.3) is 0 Å². The third kappa shape index (κ3) is 3.16. The number of hydrogen-bond acceptors (Lipinski definition) is 3. The summed E-state index contributed by atoms with van der Waals surface area (Å²) < 4.78 is 0.649. The number of hydrogen-bond donors (Lipinski definition) is 1. The summed E-state index contributed by atoms with van der Waals surface area (Å²) in [5.74, 6) is 0.161. The number of likely N-dealkylation sites (N-methyl/N-ethyl adjacent to an activating group) is 1. The first kappa shape index (κ1) is 10.2. The highest BCUT2D eigenvalue weighted by atomic mass is 32.1. The van der Waals surface area contributed by atoms with E-state index >= 15 is 0 Å². The second-order valence-corrected chi connectivity index (χ2v) is 5.19. The Kier molecular flexibility index (Phi) is 2.73. The van der Waals surface area contributed by atoms with Gasteiger partial charge in [-0.25, -0.2) is 0 Å². The SMILES string of the molecule is C[N+](C)(C)CC(=O)c1ccc(N)s1.